The van der Waals surface area contributed by atoms with Gasteiger partial charge in [0.25, 0.3) is 0 Å². The van der Waals surface area contributed by atoms with Crippen molar-refractivity contribution in [2.24, 2.45) is 0 Å². The molecule has 2 atom stereocenters. The van der Waals surface area contributed by atoms with Gasteiger partial charge in [0.1, 0.15) is 0 Å². The lowest BCUT2D eigenvalue weighted by atomic mass is 10.1. The first kappa shape index (κ1) is 10.2. The molecule has 1 saturated carbocycles. The fraction of sp³-hybridized carbons (Fsp3) is 0.700. The molecule has 0 bridgehead atoms. The van der Waals surface area contributed by atoms with Gasteiger partial charge in [0.2, 0.25) is 0 Å². The minimum absolute atomic E-state index is 0.265. The van der Waals surface area contributed by atoms with E-state index in [1.54, 1.807) is 11.3 Å². The average molecular weight is 231 g/mol. The number of halogens is 1. The molecule has 14 heavy (non-hydrogen) atoms. The predicted molar refractivity (Wildman–Crippen MR) is 62.3 cm³/mol. The van der Waals surface area contributed by atoms with Crippen LogP contribution in [0.25, 0.3) is 0 Å². The molecule has 78 valence electrons. The second-order valence-electron chi connectivity index (χ2n) is 3.74. The molecular formula is C10H15ClN2S. The summed E-state index contributed by atoms with van der Waals surface area (Å²) in [5.41, 5.74) is 0. The van der Waals surface area contributed by atoms with Crippen LogP contribution in [0.4, 0.5) is 5.13 Å². The first-order valence-electron chi connectivity index (χ1n) is 5.16. The lowest BCUT2D eigenvalue weighted by Crippen LogP contribution is -2.28. The van der Waals surface area contributed by atoms with Crippen molar-refractivity contribution in [1.82, 2.24) is 4.98 Å². The van der Waals surface area contributed by atoms with E-state index >= 15 is 0 Å². The summed E-state index contributed by atoms with van der Waals surface area (Å²) in [7, 11) is 0. The minimum Gasteiger partial charge on any atom is -0.357 e. The lowest BCUT2D eigenvalue weighted by Gasteiger charge is -2.20. The molecule has 2 rings (SSSR count). The first-order valence-corrected chi connectivity index (χ1v) is 6.48. The van der Waals surface area contributed by atoms with E-state index in [-0.39, 0.29) is 5.38 Å². The van der Waals surface area contributed by atoms with Crippen LogP contribution in [0.5, 0.6) is 0 Å². The van der Waals surface area contributed by atoms with Gasteiger partial charge in [-0.1, -0.05) is 19.3 Å². The van der Waals surface area contributed by atoms with E-state index in [0.29, 0.717) is 6.04 Å². The van der Waals surface area contributed by atoms with Gasteiger partial charge in [-0.15, -0.1) is 22.9 Å². The van der Waals surface area contributed by atoms with Crippen LogP contribution >= 0.6 is 22.9 Å². The third-order valence-electron chi connectivity index (χ3n) is 2.67. The number of nitrogens with zero attached hydrogens (tertiary/aromatic N) is 1. The smallest absolute Gasteiger partial charge is 0.182 e. The average Bonchev–Trinajstić information content (AvgIpc) is 2.60. The summed E-state index contributed by atoms with van der Waals surface area (Å²) in [6.45, 7) is 0. The van der Waals surface area contributed by atoms with Crippen molar-refractivity contribution < 1.29 is 0 Å². The Morgan fingerprint density at radius 1 is 1.36 bits per heavy atom. The topological polar surface area (TPSA) is 24.9 Å². The fourth-order valence-corrected chi connectivity index (χ4v) is 2.81. The maximum Gasteiger partial charge on any atom is 0.182 e. The van der Waals surface area contributed by atoms with Crippen molar-refractivity contribution in [3.8, 4) is 0 Å². The Hall–Kier alpha value is -0.280. The molecule has 1 N–H and O–H groups in total. The summed E-state index contributed by atoms with van der Waals surface area (Å²) in [5, 5.41) is 6.68. The number of alkyl halides is 1. The largest absolute Gasteiger partial charge is 0.357 e. The molecule has 0 spiro atoms. The molecule has 1 aromatic rings. The number of nitrogens with one attached hydrogen (secondary N) is 1. The molecule has 1 fully saturated rings. The van der Waals surface area contributed by atoms with Crippen LogP contribution in [0.15, 0.2) is 11.6 Å². The van der Waals surface area contributed by atoms with E-state index in [2.05, 4.69) is 10.3 Å². The van der Waals surface area contributed by atoms with Crippen molar-refractivity contribution in [3.05, 3.63) is 11.6 Å². The SMILES string of the molecule is ClC1CCCCCC1Nc1nccs1. The van der Waals surface area contributed by atoms with Gasteiger partial charge in [-0.05, 0) is 12.8 Å². The Kier molecular flexibility index (Phi) is 3.65. The van der Waals surface area contributed by atoms with E-state index in [4.69, 9.17) is 11.6 Å². The zero-order chi connectivity index (χ0) is 9.80. The molecule has 0 amide bonds. The highest BCUT2D eigenvalue weighted by Crippen LogP contribution is 2.25. The second kappa shape index (κ2) is 4.99. The lowest BCUT2D eigenvalue weighted by molar-refractivity contribution is 0.627. The first-order chi connectivity index (χ1) is 6.86. The van der Waals surface area contributed by atoms with Crippen molar-refractivity contribution in [2.45, 2.75) is 43.5 Å². The van der Waals surface area contributed by atoms with Crippen LogP contribution in [0.3, 0.4) is 0 Å². The summed E-state index contributed by atoms with van der Waals surface area (Å²) >= 11 is 7.96. The maximum absolute atomic E-state index is 6.32. The van der Waals surface area contributed by atoms with Crippen molar-refractivity contribution >= 4 is 28.1 Å². The summed E-state index contributed by atoms with van der Waals surface area (Å²) in [6, 6.07) is 0.408. The highest BCUT2D eigenvalue weighted by molar-refractivity contribution is 7.13. The fourth-order valence-electron chi connectivity index (χ4n) is 1.88. The monoisotopic (exact) mass is 230 g/mol. The van der Waals surface area contributed by atoms with E-state index < -0.39 is 0 Å². The maximum atomic E-state index is 6.32. The number of hydrogen-bond acceptors (Lipinski definition) is 3. The molecule has 0 aliphatic heterocycles. The molecule has 1 heterocycles. The standard InChI is InChI=1S/C10H15ClN2S/c11-8-4-2-1-3-5-9(8)13-10-12-6-7-14-10/h6-9H,1-5H2,(H,12,13). The van der Waals surface area contributed by atoms with Gasteiger partial charge < -0.3 is 5.32 Å². The van der Waals surface area contributed by atoms with E-state index in [1.165, 1.54) is 25.7 Å². The zero-order valence-corrected chi connectivity index (χ0v) is 9.65. The third-order valence-corrected chi connectivity index (χ3v) is 3.90. The van der Waals surface area contributed by atoms with Crippen LogP contribution in [0.2, 0.25) is 0 Å². The Balaban J connectivity index is 1.94. The molecule has 0 aromatic carbocycles. The summed E-state index contributed by atoms with van der Waals surface area (Å²) in [5.74, 6) is 0. The van der Waals surface area contributed by atoms with Crippen molar-refractivity contribution in [3.63, 3.8) is 0 Å². The van der Waals surface area contributed by atoms with E-state index in [1.807, 2.05) is 11.6 Å². The highest BCUT2D eigenvalue weighted by atomic mass is 35.5. The van der Waals surface area contributed by atoms with Gasteiger partial charge in [-0.25, -0.2) is 4.98 Å². The van der Waals surface area contributed by atoms with Gasteiger partial charge in [0, 0.05) is 17.6 Å². The molecule has 4 heteroatoms. The zero-order valence-electron chi connectivity index (χ0n) is 8.08. The predicted octanol–water partition coefficient (Wildman–Crippen LogP) is 3.50. The molecule has 1 aliphatic rings. The molecule has 2 unspecified atom stereocenters. The van der Waals surface area contributed by atoms with Crippen molar-refractivity contribution in [2.75, 3.05) is 5.32 Å². The van der Waals surface area contributed by atoms with E-state index in [9.17, 15) is 0 Å². The molecule has 0 saturated heterocycles. The third kappa shape index (κ3) is 2.61. The number of anilines is 1. The molecule has 2 nitrogen and oxygen atoms in total. The minimum atomic E-state index is 0.265. The van der Waals surface area contributed by atoms with Gasteiger partial charge in [-0.2, -0.15) is 0 Å². The van der Waals surface area contributed by atoms with Crippen LogP contribution in [-0.4, -0.2) is 16.4 Å². The van der Waals surface area contributed by atoms with Crippen LogP contribution in [0.1, 0.15) is 32.1 Å². The van der Waals surface area contributed by atoms with Crippen LogP contribution in [0, 0.1) is 0 Å². The highest BCUT2D eigenvalue weighted by Gasteiger charge is 2.21. The molecular weight excluding hydrogens is 216 g/mol. The van der Waals surface area contributed by atoms with Gasteiger partial charge in [0.15, 0.2) is 5.13 Å². The number of thiazole rings is 1. The summed E-state index contributed by atoms with van der Waals surface area (Å²) < 4.78 is 0. The Labute approximate surface area is 93.7 Å². The quantitative estimate of drug-likeness (QED) is 0.622. The van der Waals surface area contributed by atoms with Crippen molar-refractivity contribution in [1.29, 1.82) is 0 Å². The van der Waals surface area contributed by atoms with E-state index in [0.717, 1.165) is 11.6 Å². The molecule has 1 aromatic heterocycles. The Morgan fingerprint density at radius 2 is 2.21 bits per heavy atom. The summed E-state index contributed by atoms with van der Waals surface area (Å²) in [4.78, 5) is 4.22. The van der Waals surface area contributed by atoms with Crippen LogP contribution in [-0.2, 0) is 0 Å². The normalized spacial score (nSPS) is 28.4. The van der Waals surface area contributed by atoms with Gasteiger partial charge >= 0.3 is 0 Å². The number of aromatic nitrogens is 1. The van der Waals surface area contributed by atoms with Gasteiger partial charge in [0.05, 0.1) is 5.38 Å². The Bertz CT molecular complexity index is 263. The number of rotatable bonds is 2. The summed E-state index contributed by atoms with van der Waals surface area (Å²) in [6.07, 6.45) is 8.00. The van der Waals surface area contributed by atoms with Crippen LogP contribution < -0.4 is 5.32 Å². The Morgan fingerprint density at radius 3 is 3.00 bits per heavy atom. The van der Waals surface area contributed by atoms with Gasteiger partial charge in [-0.3, -0.25) is 0 Å². The molecule has 0 radical (unpaired) electrons. The molecule has 1 aliphatic carbocycles. The second-order valence-corrected chi connectivity index (χ2v) is 5.20. The number of hydrogen-bond donors (Lipinski definition) is 1.